The molecule has 1 aliphatic rings. The van der Waals surface area contributed by atoms with Gasteiger partial charge in [-0.3, -0.25) is 14.5 Å². The van der Waals surface area contributed by atoms with Crippen LogP contribution in [0.4, 0.5) is 5.69 Å². The lowest BCUT2D eigenvalue weighted by atomic mass is 10.2. The maximum absolute atomic E-state index is 12.0. The van der Waals surface area contributed by atoms with Gasteiger partial charge in [0, 0.05) is 45.5 Å². The number of hydrogen-bond donors (Lipinski definition) is 1. The molecule has 7 nitrogen and oxygen atoms in total. The standard InChI is InChI=1S/C21H28N4O3/c1-23(21(27)19-9-5-16-28-19)17-20(26)22-10-6-11-24-12-14-25(15-13-24)18-7-3-2-4-8-18/h2-5,7-9,16H,6,10-15,17H2,1H3,(H,22,26). The van der Waals surface area contributed by atoms with E-state index >= 15 is 0 Å². The molecule has 28 heavy (non-hydrogen) atoms. The first kappa shape index (κ1) is 19.9. The highest BCUT2D eigenvalue weighted by Crippen LogP contribution is 2.15. The monoisotopic (exact) mass is 384 g/mol. The Labute approximate surface area is 165 Å². The van der Waals surface area contributed by atoms with Crippen LogP contribution in [0.25, 0.3) is 0 Å². The summed E-state index contributed by atoms with van der Waals surface area (Å²) in [6.07, 6.45) is 2.34. The van der Waals surface area contributed by atoms with Crippen LogP contribution in [0.15, 0.2) is 53.1 Å². The van der Waals surface area contributed by atoms with Crippen LogP contribution in [-0.2, 0) is 4.79 Å². The number of piperazine rings is 1. The van der Waals surface area contributed by atoms with Crippen molar-refractivity contribution in [1.29, 1.82) is 0 Å². The van der Waals surface area contributed by atoms with Crippen molar-refractivity contribution in [3.63, 3.8) is 0 Å². The van der Waals surface area contributed by atoms with Gasteiger partial charge in [-0.15, -0.1) is 0 Å². The molecular weight excluding hydrogens is 356 g/mol. The summed E-state index contributed by atoms with van der Waals surface area (Å²) in [6.45, 7) is 5.71. The number of para-hydroxylation sites is 1. The molecule has 2 heterocycles. The van der Waals surface area contributed by atoms with Crippen LogP contribution in [0, 0.1) is 0 Å². The molecule has 0 radical (unpaired) electrons. The molecule has 2 aromatic rings. The molecule has 0 aliphatic carbocycles. The first-order chi connectivity index (χ1) is 13.6. The van der Waals surface area contributed by atoms with Crippen molar-refractivity contribution in [2.45, 2.75) is 6.42 Å². The summed E-state index contributed by atoms with van der Waals surface area (Å²) >= 11 is 0. The van der Waals surface area contributed by atoms with Gasteiger partial charge in [-0.1, -0.05) is 18.2 Å². The Morgan fingerprint density at radius 2 is 1.82 bits per heavy atom. The van der Waals surface area contributed by atoms with Crippen LogP contribution >= 0.6 is 0 Å². The lowest BCUT2D eigenvalue weighted by Crippen LogP contribution is -2.47. The minimum absolute atomic E-state index is 0.0231. The highest BCUT2D eigenvalue weighted by Gasteiger charge is 2.18. The van der Waals surface area contributed by atoms with Crippen molar-refractivity contribution in [2.24, 2.45) is 0 Å². The van der Waals surface area contributed by atoms with Crippen molar-refractivity contribution in [3.05, 3.63) is 54.5 Å². The molecular formula is C21H28N4O3. The van der Waals surface area contributed by atoms with E-state index in [-0.39, 0.29) is 24.1 Å². The van der Waals surface area contributed by atoms with E-state index in [1.54, 1.807) is 19.2 Å². The van der Waals surface area contributed by atoms with Gasteiger partial charge in [-0.25, -0.2) is 0 Å². The Hall–Kier alpha value is -2.80. The normalized spacial score (nSPS) is 14.7. The van der Waals surface area contributed by atoms with E-state index in [1.165, 1.54) is 16.9 Å². The van der Waals surface area contributed by atoms with Crippen LogP contribution in [0.3, 0.4) is 0 Å². The van der Waals surface area contributed by atoms with Crippen LogP contribution in [0.2, 0.25) is 0 Å². The number of benzene rings is 1. The number of rotatable bonds is 8. The summed E-state index contributed by atoms with van der Waals surface area (Å²) in [5.41, 5.74) is 1.28. The Bertz CT molecular complexity index is 740. The van der Waals surface area contributed by atoms with Crippen molar-refractivity contribution < 1.29 is 14.0 Å². The zero-order valence-corrected chi connectivity index (χ0v) is 16.3. The van der Waals surface area contributed by atoms with Gasteiger partial charge in [0.2, 0.25) is 5.91 Å². The first-order valence-electron chi connectivity index (χ1n) is 9.71. The average molecular weight is 384 g/mol. The predicted molar refractivity (Wildman–Crippen MR) is 108 cm³/mol. The summed E-state index contributed by atoms with van der Waals surface area (Å²) in [4.78, 5) is 30.3. The van der Waals surface area contributed by atoms with Gasteiger partial charge < -0.3 is 19.5 Å². The lowest BCUT2D eigenvalue weighted by Gasteiger charge is -2.36. The van der Waals surface area contributed by atoms with Gasteiger partial charge in [0.15, 0.2) is 5.76 Å². The molecule has 1 fully saturated rings. The SMILES string of the molecule is CN(CC(=O)NCCCN1CCN(c2ccccc2)CC1)C(=O)c1ccco1. The zero-order valence-electron chi connectivity index (χ0n) is 16.3. The van der Waals surface area contributed by atoms with Crippen LogP contribution in [0.5, 0.6) is 0 Å². The number of nitrogens with zero attached hydrogens (tertiary/aromatic N) is 3. The van der Waals surface area contributed by atoms with E-state index in [2.05, 4.69) is 39.4 Å². The third-order valence-corrected chi connectivity index (χ3v) is 4.93. The summed E-state index contributed by atoms with van der Waals surface area (Å²) in [6, 6.07) is 13.7. The molecule has 0 unspecified atom stereocenters. The van der Waals surface area contributed by atoms with Crippen molar-refractivity contribution in [3.8, 4) is 0 Å². The van der Waals surface area contributed by atoms with Crippen LogP contribution < -0.4 is 10.2 Å². The molecule has 0 bridgehead atoms. The molecule has 2 amide bonds. The lowest BCUT2D eigenvalue weighted by molar-refractivity contribution is -0.121. The van der Waals surface area contributed by atoms with E-state index in [4.69, 9.17) is 4.42 Å². The third-order valence-electron chi connectivity index (χ3n) is 4.93. The Morgan fingerprint density at radius 3 is 2.50 bits per heavy atom. The Balaban J connectivity index is 1.29. The number of anilines is 1. The molecule has 1 aliphatic heterocycles. The Kier molecular flexibility index (Phi) is 7.08. The molecule has 0 saturated carbocycles. The fraction of sp³-hybridized carbons (Fsp3) is 0.429. The molecule has 150 valence electrons. The van der Waals surface area contributed by atoms with E-state index in [1.807, 2.05) is 6.07 Å². The van der Waals surface area contributed by atoms with Gasteiger partial charge in [-0.05, 0) is 37.2 Å². The zero-order chi connectivity index (χ0) is 19.8. The van der Waals surface area contributed by atoms with Crippen molar-refractivity contribution in [1.82, 2.24) is 15.1 Å². The second-order valence-corrected chi connectivity index (χ2v) is 7.01. The van der Waals surface area contributed by atoms with E-state index in [0.29, 0.717) is 6.54 Å². The minimum Gasteiger partial charge on any atom is -0.459 e. The van der Waals surface area contributed by atoms with Gasteiger partial charge in [0.05, 0.1) is 12.8 Å². The highest BCUT2D eigenvalue weighted by molar-refractivity contribution is 5.94. The fourth-order valence-electron chi connectivity index (χ4n) is 3.33. The Morgan fingerprint density at radius 1 is 1.07 bits per heavy atom. The molecule has 1 saturated heterocycles. The van der Waals surface area contributed by atoms with Crippen LogP contribution in [0.1, 0.15) is 17.0 Å². The second-order valence-electron chi connectivity index (χ2n) is 7.01. The number of likely N-dealkylation sites (N-methyl/N-ethyl adjacent to an activating group) is 1. The molecule has 7 heteroatoms. The van der Waals surface area contributed by atoms with Gasteiger partial charge in [0.1, 0.15) is 0 Å². The summed E-state index contributed by atoms with van der Waals surface area (Å²) in [7, 11) is 1.59. The molecule has 1 aromatic carbocycles. The van der Waals surface area contributed by atoms with Gasteiger partial charge in [0.25, 0.3) is 5.91 Å². The first-order valence-corrected chi connectivity index (χ1v) is 9.71. The number of carbonyl (C=O) groups is 2. The number of furan rings is 1. The van der Waals surface area contributed by atoms with Gasteiger partial charge >= 0.3 is 0 Å². The summed E-state index contributed by atoms with van der Waals surface area (Å²) in [5, 5.41) is 2.89. The maximum atomic E-state index is 12.0. The number of carbonyl (C=O) groups excluding carboxylic acids is 2. The van der Waals surface area contributed by atoms with Crippen molar-refractivity contribution >= 4 is 17.5 Å². The average Bonchev–Trinajstić information content (AvgIpc) is 3.26. The number of amides is 2. The molecule has 3 rings (SSSR count). The second kappa shape index (κ2) is 9.94. The fourth-order valence-corrected chi connectivity index (χ4v) is 3.33. The highest BCUT2D eigenvalue weighted by atomic mass is 16.3. The largest absolute Gasteiger partial charge is 0.459 e. The molecule has 0 atom stereocenters. The topological polar surface area (TPSA) is 69.0 Å². The predicted octanol–water partition coefficient (Wildman–Crippen LogP) is 1.68. The number of hydrogen-bond acceptors (Lipinski definition) is 5. The summed E-state index contributed by atoms with van der Waals surface area (Å²) in [5.74, 6) is -0.210. The maximum Gasteiger partial charge on any atom is 0.289 e. The third kappa shape index (κ3) is 5.60. The van der Waals surface area contributed by atoms with E-state index in [9.17, 15) is 9.59 Å². The van der Waals surface area contributed by atoms with E-state index < -0.39 is 0 Å². The van der Waals surface area contributed by atoms with E-state index in [0.717, 1.165) is 39.1 Å². The van der Waals surface area contributed by atoms with Crippen molar-refractivity contribution in [2.75, 3.05) is 57.8 Å². The smallest absolute Gasteiger partial charge is 0.289 e. The quantitative estimate of drug-likeness (QED) is 0.702. The summed E-state index contributed by atoms with van der Waals surface area (Å²) < 4.78 is 5.07. The van der Waals surface area contributed by atoms with Gasteiger partial charge in [-0.2, -0.15) is 0 Å². The molecule has 1 aromatic heterocycles. The number of nitrogens with one attached hydrogen (secondary N) is 1. The molecule has 1 N–H and O–H groups in total. The minimum atomic E-state index is -0.295. The van der Waals surface area contributed by atoms with Crippen LogP contribution in [-0.4, -0.2) is 74.5 Å². The molecule has 0 spiro atoms.